The van der Waals surface area contributed by atoms with E-state index in [1.54, 1.807) is 0 Å². The van der Waals surface area contributed by atoms with Crippen LogP contribution in [-0.4, -0.2) is 0 Å². The molecule has 0 aliphatic heterocycles. The fraction of sp³-hybridized carbons (Fsp3) is 0.0933. The number of hydrogen-bond donors (Lipinski definition) is 0. The summed E-state index contributed by atoms with van der Waals surface area (Å²) in [6.07, 6.45) is 20.1. The van der Waals surface area contributed by atoms with E-state index in [2.05, 4.69) is 329 Å². The molecule has 0 atom stereocenters. The van der Waals surface area contributed by atoms with Crippen molar-refractivity contribution < 1.29 is 0 Å². The summed E-state index contributed by atoms with van der Waals surface area (Å²) in [4.78, 5) is 4.91. The number of rotatable bonds is 18. The van der Waals surface area contributed by atoms with Crippen molar-refractivity contribution in [2.45, 2.75) is 47.0 Å². The van der Waals surface area contributed by atoms with Crippen LogP contribution in [0.3, 0.4) is 0 Å². The predicted molar refractivity (Wildman–Crippen MR) is 335 cm³/mol. The zero-order chi connectivity index (χ0) is 52.8. The van der Waals surface area contributed by atoms with Crippen molar-refractivity contribution in [3.05, 3.63) is 321 Å². The van der Waals surface area contributed by atoms with Crippen molar-refractivity contribution in [3.63, 3.8) is 0 Å². The van der Waals surface area contributed by atoms with Crippen LogP contribution in [0, 0.1) is 13.8 Å². The van der Waals surface area contributed by atoms with Gasteiger partial charge in [0.15, 0.2) is 0 Å². The van der Waals surface area contributed by atoms with Gasteiger partial charge in [0.2, 0.25) is 0 Å². The summed E-state index contributed by atoms with van der Waals surface area (Å²) in [5, 5.41) is 0. The van der Waals surface area contributed by atoms with Crippen molar-refractivity contribution >= 4 is 82.7 Å². The molecule has 2 nitrogen and oxygen atoms in total. The minimum atomic E-state index is 0.831. The van der Waals surface area contributed by atoms with Gasteiger partial charge < -0.3 is 9.80 Å². The topological polar surface area (TPSA) is 6.48 Å². The van der Waals surface area contributed by atoms with Crippen LogP contribution in [0.4, 0.5) is 34.1 Å². The van der Waals surface area contributed by atoms with Gasteiger partial charge in [-0.2, -0.15) is 0 Å². The van der Waals surface area contributed by atoms with E-state index in [1.165, 1.54) is 67.0 Å². The molecule has 10 aromatic carbocycles. The molecular formula is C75H66N2. The summed E-state index contributed by atoms with van der Waals surface area (Å²) < 4.78 is 0. The summed E-state index contributed by atoms with van der Waals surface area (Å²) in [7, 11) is 0. The second-order valence-corrected chi connectivity index (χ2v) is 19.7. The van der Waals surface area contributed by atoms with E-state index in [-0.39, 0.29) is 0 Å². The lowest BCUT2D eigenvalue weighted by atomic mass is 9.93. The van der Waals surface area contributed by atoms with Crippen LogP contribution in [0.2, 0.25) is 0 Å². The molecule has 0 bridgehead atoms. The van der Waals surface area contributed by atoms with Crippen molar-refractivity contribution in [3.8, 4) is 0 Å². The van der Waals surface area contributed by atoms with Gasteiger partial charge in [-0.25, -0.2) is 0 Å². The Morgan fingerprint density at radius 1 is 0.273 bits per heavy atom. The summed E-state index contributed by atoms with van der Waals surface area (Å²) in [6.45, 7) is 9.15. The zero-order valence-electron chi connectivity index (χ0n) is 44.7. The molecule has 0 saturated heterocycles. The molecule has 376 valence electrons. The SMILES string of the molecule is CCc1cc(Cc2cc(C)c(N(c3ccc(/C=C/c4ccccc4)cc3)c3ccc(/C=C/c4ccccc4)cc3)c(CC)c2)cc(C)c1N(c1ccc(/C=C/c2ccccc2)cc1)c1ccc(/C=C/c2ccccc2)cc1. The third-order valence-electron chi connectivity index (χ3n) is 14.2. The highest BCUT2D eigenvalue weighted by Crippen LogP contribution is 2.43. The molecule has 0 aromatic heterocycles. The molecule has 0 spiro atoms. The van der Waals surface area contributed by atoms with Gasteiger partial charge in [0, 0.05) is 22.7 Å². The molecular weight excluding hydrogens is 929 g/mol. The van der Waals surface area contributed by atoms with Gasteiger partial charge in [-0.15, -0.1) is 0 Å². The Bertz CT molecular complexity index is 3200. The fourth-order valence-electron chi connectivity index (χ4n) is 10.3. The maximum atomic E-state index is 2.45. The Morgan fingerprint density at radius 3 is 0.714 bits per heavy atom. The van der Waals surface area contributed by atoms with E-state index in [4.69, 9.17) is 0 Å². The van der Waals surface area contributed by atoms with Crippen molar-refractivity contribution in [2.24, 2.45) is 0 Å². The van der Waals surface area contributed by atoms with E-state index >= 15 is 0 Å². The molecule has 10 rings (SSSR count). The number of aryl methyl sites for hydroxylation is 4. The molecule has 0 amide bonds. The van der Waals surface area contributed by atoms with E-state index in [1.807, 2.05) is 0 Å². The quantitative estimate of drug-likeness (QED) is 0.0791. The lowest BCUT2D eigenvalue weighted by Crippen LogP contribution is -2.15. The van der Waals surface area contributed by atoms with Crippen LogP contribution in [-0.2, 0) is 19.3 Å². The largest absolute Gasteiger partial charge is 0.310 e. The maximum Gasteiger partial charge on any atom is 0.0522 e. The Morgan fingerprint density at radius 2 is 0.494 bits per heavy atom. The second kappa shape index (κ2) is 24.9. The molecule has 0 N–H and O–H groups in total. The first-order valence-electron chi connectivity index (χ1n) is 27.1. The number of hydrogen-bond acceptors (Lipinski definition) is 2. The van der Waals surface area contributed by atoms with E-state index in [0.29, 0.717) is 0 Å². The zero-order valence-corrected chi connectivity index (χ0v) is 44.7. The normalized spacial score (nSPS) is 11.6. The van der Waals surface area contributed by atoms with E-state index < -0.39 is 0 Å². The lowest BCUT2D eigenvalue weighted by molar-refractivity contribution is 1.05. The monoisotopic (exact) mass is 995 g/mol. The third kappa shape index (κ3) is 13.0. The highest BCUT2D eigenvalue weighted by Gasteiger charge is 2.22. The Hall–Kier alpha value is -9.24. The van der Waals surface area contributed by atoms with Crippen LogP contribution in [0.25, 0.3) is 48.6 Å². The minimum Gasteiger partial charge on any atom is -0.310 e. The third-order valence-corrected chi connectivity index (χ3v) is 14.2. The first kappa shape index (κ1) is 51.3. The van der Waals surface area contributed by atoms with E-state index in [9.17, 15) is 0 Å². The summed E-state index contributed by atoms with van der Waals surface area (Å²) >= 11 is 0. The molecule has 0 aliphatic carbocycles. The molecule has 0 unspecified atom stereocenters. The molecule has 10 aromatic rings. The minimum absolute atomic E-state index is 0.831. The number of nitrogens with zero attached hydrogens (tertiary/aromatic N) is 2. The lowest BCUT2D eigenvalue weighted by Gasteiger charge is -2.30. The Kier molecular flexibility index (Phi) is 16.5. The first-order chi connectivity index (χ1) is 37.9. The number of benzene rings is 10. The highest BCUT2D eigenvalue weighted by molar-refractivity contribution is 5.85. The molecule has 77 heavy (non-hydrogen) atoms. The van der Waals surface area contributed by atoms with Crippen molar-refractivity contribution in [1.82, 2.24) is 0 Å². The van der Waals surface area contributed by atoms with Crippen LogP contribution in [0.1, 0.15) is 91.7 Å². The maximum absolute atomic E-state index is 2.45. The van der Waals surface area contributed by atoms with Gasteiger partial charge >= 0.3 is 0 Å². The molecule has 2 heteroatoms. The Balaban J connectivity index is 0.976. The predicted octanol–water partition coefficient (Wildman–Crippen LogP) is 20.6. The van der Waals surface area contributed by atoms with Gasteiger partial charge in [0.05, 0.1) is 11.4 Å². The fourth-order valence-corrected chi connectivity index (χ4v) is 10.3. The van der Waals surface area contributed by atoms with Crippen molar-refractivity contribution in [2.75, 3.05) is 9.80 Å². The van der Waals surface area contributed by atoms with Gasteiger partial charge in [-0.05, 0) is 160 Å². The molecule has 0 radical (unpaired) electrons. The van der Waals surface area contributed by atoms with Gasteiger partial charge in [-0.1, -0.05) is 257 Å². The molecule has 0 fully saturated rings. The first-order valence-corrected chi connectivity index (χ1v) is 27.1. The average Bonchev–Trinajstić information content (AvgIpc) is 3.49. The van der Waals surface area contributed by atoms with Crippen LogP contribution >= 0.6 is 0 Å². The molecule has 0 heterocycles. The second-order valence-electron chi connectivity index (χ2n) is 19.7. The van der Waals surface area contributed by atoms with Crippen LogP contribution in [0.15, 0.2) is 243 Å². The average molecular weight is 995 g/mol. The van der Waals surface area contributed by atoms with Gasteiger partial charge in [-0.3, -0.25) is 0 Å². The summed E-state index contributed by atoms with van der Waals surface area (Å²) in [5.41, 5.74) is 24.1. The van der Waals surface area contributed by atoms with Gasteiger partial charge in [0.1, 0.15) is 0 Å². The molecule has 0 saturated carbocycles. The van der Waals surface area contributed by atoms with Crippen LogP contribution in [0.5, 0.6) is 0 Å². The van der Waals surface area contributed by atoms with Crippen molar-refractivity contribution in [1.29, 1.82) is 0 Å². The van der Waals surface area contributed by atoms with Gasteiger partial charge in [0.25, 0.3) is 0 Å². The summed E-state index contributed by atoms with van der Waals surface area (Å²) in [5.74, 6) is 0. The number of anilines is 6. The smallest absolute Gasteiger partial charge is 0.0522 e. The molecule has 0 aliphatic rings. The van der Waals surface area contributed by atoms with Crippen LogP contribution < -0.4 is 9.80 Å². The Labute approximate surface area is 457 Å². The van der Waals surface area contributed by atoms with E-state index in [0.717, 1.165) is 64.3 Å². The summed E-state index contributed by atoms with van der Waals surface area (Å²) in [6, 6.07) is 87.6. The highest BCUT2D eigenvalue weighted by atomic mass is 15.2. The standard InChI is InChI=1S/C75H66N2/c1-5-68-54-66(51-56(3)74(68)76(70-43-35-62(36-44-70)31-27-58-19-11-7-12-20-58)71-45-37-63(38-46-71)32-28-59-21-13-8-14-22-59)53-67-52-57(4)75(69(6-2)55-67)77(72-47-39-64(40-48-72)33-29-60-23-15-9-16-24-60)73-49-41-65(42-50-73)34-30-61-25-17-10-18-26-61/h7-52,54-55H,5-6,53H2,1-4H3/b31-27+,32-28+,33-29+,34-30+.